The van der Waals surface area contributed by atoms with Crippen LogP contribution >= 0.6 is 0 Å². The molecule has 0 heterocycles. The van der Waals surface area contributed by atoms with Gasteiger partial charge in [0.15, 0.2) is 17.5 Å². The number of ether oxygens (including phenoxy) is 1. The minimum atomic E-state index is 0.159. The highest BCUT2D eigenvalue weighted by molar-refractivity contribution is 5.79. The molecule has 5 nitrogen and oxygen atoms in total. The molecule has 5 heteroatoms. The van der Waals surface area contributed by atoms with Crippen molar-refractivity contribution in [2.24, 2.45) is 10.9 Å². The first kappa shape index (κ1) is 19.1. The van der Waals surface area contributed by atoms with Gasteiger partial charge in [-0.1, -0.05) is 38.8 Å². The van der Waals surface area contributed by atoms with Crippen LogP contribution in [0.4, 0.5) is 0 Å². The van der Waals surface area contributed by atoms with E-state index in [2.05, 4.69) is 29.5 Å². The van der Waals surface area contributed by atoms with E-state index in [1.54, 1.807) is 13.2 Å². The first-order valence-corrected chi connectivity index (χ1v) is 8.45. The van der Waals surface area contributed by atoms with Gasteiger partial charge in [-0.15, -0.1) is 0 Å². The summed E-state index contributed by atoms with van der Waals surface area (Å²) >= 11 is 0. The van der Waals surface area contributed by atoms with E-state index in [4.69, 9.17) is 4.74 Å². The van der Waals surface area contributed by atoms with Gasteiger partial charge in [0.1, 0.15) is 0 Å². The molecule has 0 unspecified atom stereocenters. The summed E-state index contributed by atoms with van der Waals surface area (Å²) in [6, 6.07) is 5.45. The second kappa shape index (κ2) is 10.8. The Morgan fingerprint density at radius 3 is 2.70 bits per heavy atom. The predicted octanol–water partition coefficient (Wildman–Crippen LogP) is 3.28. The highest BCUT2D eigenvalue weighted by Crippen LogP contribution is 2.29. The van der Waals surface area contributed by atoms with Crippen molar-refractivity contribution in [3.63, 3.8) is 0 Å². The lowest BCUT2D eigenvalue weighted by atomic mass is 10.1. The molecule has 0 aromatic heterocycles. The van der Waals surface area contributed by atoms with Crippen molar-refractivity contribution in [3.8, 4) is 11.5 Å². The number of hydrogen-bond donors (Lipinski definition) is 3. The molecular formula is C18H31N3O2. The van der Waals surface area contributed by atoms with Gasteiger partial charge in [0.05, 0.1) is 13.7 Å². The standard InChI is InChI=1S/C18H31N3O2/c1-5-19-18(20-12-7-6-9-14(2)3)21-13-15-10-8-11-16(23-4)17(15)22/h8,10-11,14,22H,5-7,9,12-13H2,1-4H3,(H2,19,20,21). The maximum Gasteiger partial charge on any atom is 0.191 e. The number of guanidine groups is 1. The molecule has 1 aromatic carbocycles. The molecule has 3 N–H and O–H groups in total. The molecule has 0 saturated heterocycles. The van der Waals surface area contributed by atoms with Gasteiger partial charge in [-0.2, -0.15) is 0 Å². The molecule has 1 aromatic rings. The number of nitrogens with one attached hydrogen (secondary N) is 2. The van der Waals surface area contributed by atoms with Crippen molar-refractivity contribution in [1.82, 2.24) is 10.6 Å². The predicted molar refractivity (Wildman–Crippen MR) is 96.2 cm³/mol. The van der Waals surface area contributed by atoms with Crippen LogP contribution in [-0.2, 0) is 6.54 Å². The Balaban J connectivity index is 2.54. The molecule has 130 valence electrons. The van der Waals surface area contributed by atoms with Gasteiger partial charge < -0.3 is 20.5 Å². The van der Waals surface area contributed by atoms with Crippen LogP contribution in [0.2, 0.25) is 0 Å². The normalized spacial score (nSPS) is 11.6. The zero-order valence-corrected chi connectivity index (χ0v) is 14.9. The molecule has 0 atom stereocenters. The number of nitrogens with zero attached hydrogens (tertiary/aromatic N) is 1. The van der Waals surface area contributed by atoms with E-state index in [0.717, 1.165) is 37.0 Å². The summed E-state index contributed by atoms with van der Waals surface area (Å²) in [5.74, 6) is 2.17. The van der Waals surface area contributed by atoms with Gasteiger partial charge >= 0.3 is 0 Å². The summed E-state index contributed by atoms with van der Waals surface area (Å²) in [5, 5.41) is 16.7. The van der Waals surface area contributed by atoms with Crippen LogP contribution in [0.1, 0.15) is 45.6 Å². The van der Waals surface area contributed by atoms with Crippen molar-refractivity contribution >= 4 is 5.96 Å². The van der Waals surface area contributed by atoms with Crippen LogP contribution in [0.5, 0.6) is 11.5 Å². The van der Waals surface area contributed by atoms with E-state index in [1.807, 2.05) is 19.1 Å². The quantitative estimate of drug-likeness (QED) is 0.371. The zero-order chi connectivity index (χ0) is 17.1. The third-order valence-corrected chi connectivity index (χ3v) is 3.55. The fourth-order valence-corrected chi connectivity index (χ4v) is 2.25. The lowest BCUT2D eigenvalue weighted by Crippen LogP contribution is -2.37. The molecule has 0 aliphatic heterocycles. The van der Waals surface area contributed by atoms with Crippen molar-refractivity contribution in [2.45, 2.75) is 46.6 Å². The first-order chi connectivity index (χ1) is 11.1. The average Bonchev–Trinajstić information content (AvgIpc) is 2.53. The first-order valence-electron chi connectivity index (χ1n) is 8.45. The highest BCUT2D eigenvalue weighted by Gasteiger charge is 2.07. The molecule has 0 radical (unpaired) electrons. The van der Waals surface area contributed by atoms with E-state index in [-0.39, 0.29) is 5.75 Å². The number of phenolic OH excluding ortho intramolecular Hbond substituents is 1. The van der Waals surface area contributed by atoms with Crippen molar-refractivity contribution in [3.05, 3.63) is 23.8 Å². The van der Waals surface area contributed by atoms with Crippen LogP contribution in [0, 0.1) is 5.92 Å². The molecule has 0 fully saturated rings. The third kappa shape index (κ3) is 7.26. The molecule has 0 spiro atoms. The summed E-state index contributed by atoms with van der Waals surface area (Å²) in [6.45, 7) is 8.66. The minimum absolute atomic E-state index is 0.159. The Labute approximate surface area is 140 Å². The van der Waals surface area contributed by atoms with Crippen molar-refractivity contribution < 1.29 is 9.84 Å². The maximum absolute atomic E-state index is 10.1. The number of aromatic hydroxyl groups is 1. The monoisotopic (exact) mass is 321 g/mol. The van der Waals surface area contributed by atoms with Crippen LogP contribution in [0.3, 0.4) is 0 Å². The van der Waals surface area contributed by atoms with Crippen LogP contribution in [0.25, 0.3) is 0 Å². The summed E-state index contributed by atoms with van der Waals surface area (Å²) in [7, 11) is 1.55. The van der Waals surface area contributed by atoms with Crippen molar-refractivity contribution in [2.75, 3.05) is 20.2 Å². The topological polar surface area (TPSA) is 65.9 Å². The number of methoxy groups -OCH3 is 1. The van der Waals surface area contributed by atoms with Crippen LogP contribution in [-0.4, -0.2) is 31.3 Å². The Hall–Kier alpha value is -1.91. The van der Waals surface area contributed by atoms with E-state index in [0.29, 0.717) is 12.3 Å². The molecule has 0 amide bonds. The average molecular weight is 321 g/mol. The molecule has 0 aliphatic carbocycles. The Kier molecular flexibility index (Phi) is 8.95. The van der Waals surface area contributed by atoms with E-state index < -0.39 is 0 Å². The number of rotatable bonds is 9. The largest absolute Gasteiger partial charge is 0.504 e. The lowest BCUT2D eigenvalue weighted by Gasteiger charge is -2.12. The number of hydrogen-bond acceptors (Lipinski definition) is 3. The summed E-state index contributed by atoms with van der Waals surface area (Å²) in [4.78, 5) is 4.53. The second-order valence-electron chi connectivity index (χ2n) is 5.98. The molecule has 0 aliphatic rings. The van der Waals surface area contributed by atoms with Gasteiger partial charge in [0.2, 0.25) is 0 Å². The molecular weight excluding hydrogens is 290 g/mol. The van der Waals surface area contributed by atoms with Gasteiger partial charge in [0, 0.05) is 18.7 Å². The molecule has 23 heavy (non-hydrogen) atoms. The number of benzene rings is 1. The third-order valence-electron chi connectivity index (χ3n) is 3.55. The fourth-order valence-electron chi connectivity index (χ4n) is 2.25. The SMILES string of the molecule is CCNC(=NCc1cccc(OC)c1O)NCCCCC(C)C. The summed E-state index contributed by atoms with van der Waals surface area (Å²) < 4.78 is 5.12. The summed E-state index contributed by atoms with van der Waals surface area (Å²) in [6.07, 6.45) is 3.61. The van der Waals surface area contributed by atoms with E-state index in [9.17, 15) is 5.11 Å². The Morgan fingerprint density at radius 1 is 1.26 bits per heavy atom. The maximum atomic E-state index is 10.1. The smallest absolute Gasteiger partial charge is 0.191 e. The Bertz CT molecular complexity index is 487. The number of aliphatic imine (C=N–C) groups is 1. The van der Waals surface area contributed by atoms with Gasteiger partial charge in [-0.3, -0.25) is 0 Å². The van der Waals surface area contributed by atoms with Crippen LogP contribution in [0.15, 0.2) is 23.2 Å². The van der Waals surface area contributed by atoms with E-state index >= 15 is 0 Å². The molecule has 1 rings (SSSR count). The minimum Gasteiger partial charge on any atom is -0.504 e. The highest BCUT2D eigenvalue weighted by atomic mass is 16.5. The van der Waals surface area contributed by atoms with Gasteiger partial charge in [-0.25, -0.2) is 4.99 Å². The molecule has 0 saturated carbocycles. The molecule has 0 bridgehead atoms. The van der Waals surface area contributed by atoms with E-state index in [1.165, 1.54) is 12.8 Å². The zero-order valence-electron chi connectivity index (χ0n) is 14.9. The van der Waals surface area contributed by atoms with Gasteiger partial charge in [-0.05, 0) is 25.3 Å². The van der Waals surface area contributed by atoms with Crippen LogP contribution < -0.4 is 15.4 Å². The fraction of sp³-hybridized carbons (Fsp3) is 0.611. The van der Waals surface area contributed by atoms with Gasteiger partial charge in [0.25, 0.3) is 0 Å². The second-order valence-corrected chi connectivity index (χ2v) is 5.98. The lowest BCUT2D eigenvalue weighted by molar-refractivity contribution is 0.370. The Morgan fingerprint density at radius 2 is 2.04 bits per heavy atom. The summed E-state index contributed by atoms with van der Waals surface area (Å²) in [5.41, 5.74) is 0.751. The van der Waals surface area contributed by atoms with Crippen molar-refractivity contribution in [1.29, 1.82) is 0 Å². The number of para-hydroxylation sites is 1. The number of unbranched alkanes of at least 4 members (excludes halogenated alkanes) is 1. The number of phenols is 1.